The van der Waals surface area contributed by atoms with Gasteiger partial charge in [-0.15, -0.1) is 12.1 Å². The Labute approximate surface area is 403 Å². The molecule has 1 radical (unpaired) electrons. The van der Waals surface area contributed by atoms with Crippen molar-refractivity contribution in [3.63, 3.8) is 0 Å². The van der Waals surface area contributed by atoms with Crippen molar-refractivity contribution >= 4 is 54.9 Å². The molecule has 0 aliphatic carbocycles. The van der Waals surface area contributed by atoms with Crippen LogP contribution in [-0.2, 0) is 20.1 Å². The van der Waals surface area contributed by atoms with E-state index in [1.807, 2.05) is 54.6 Å². The predicted octanol–water partition coefficient (Wildman–Crippen LogP) is 15.9. The third-order valence-electron chi connectivity index (χ3n) is 12.6. The molecule has 12 aromatic rings. The van der Waals surface area contributed by atoms with E-state index in [9.17, 15) is 5.11 Å². The molecule has 4 aromatic heterocycles. The molecule has 0 aliphatic heterocycles. The van der Waals surface area contributed by atoms with E-state index in [4.69, 9.17) is 9.40 Å². The van der Waals surface area contributed by atoms with Crippen LogP contribution in [0.25, 0.3) is 99.9 Å². The maximum atomic E-state index is 10.2. The van der Waals surface area contributed by atoms with Gasteiger partial charge in [-0.1, -0.05) is 160 Å². The van der Waals surface area contributed by atoms with Crippen LogP contribution >= 0.6 is 0 Å². The number of phenols is 1. The van der Waals surface area contributed by atoms with Gasteiger partial charge >= 0.3 is 0 Å². The van der Waals surface area contributed by atoms with Gasteiger partial charge in [0.2, 0.25) is 0 Å². The summed E-state index contributed by atoms with van der Waals surface area (Å²) in [5.74, 6) is 1.66. The van der Waals surface area contributed by atoms with Crippen LogP contribution < -0.4 is 0 Å². The van der Waals surface area contributed by atoms with Gasteiger partial charge in [0.25, 0.3) is 0 Å². The summed E-state index contributed by atoms with van der Waals surface area (Å²) in [7, 11) is 0. The number of furan rings is 1. The number of rotatable bonds is 7. The van der Waals surface area contributed by atoms with Gasteiger partial charge < -0.3 is 18.7 Å². The van der Waals surface area contributed by atoms with Crippen LogP contribution in [0.5, 0.6) is 5.75 Å². The van der Waals surface area contributed by atoms with Crippen LogP contribution in [0.3, 0.4) is 0 Å². The second kappa shape index (κ2) is 18.0. The molecule has 0 saturated heterocycles. The molecule has 4 heterocycles. The molecule has 67 heavy (non-hydrogen) atoms. The second-order valence-corrected chi connectivity index (χ2v) is 17.4. The Morgan fingerprint density at radius 1 is 0.567 bits per heavy atom. The standard InChI is InChI=1S/C43H35N2O.C17H12N2O.Ir/c1-27(2)35-25-31(29-15-7-5-8-16-29)26-36(28(3)4)41(35)45-38-21-13-12-20-37(38)44-43(45)34-24-23-32(30-17-9-6-10-18-30)40-33-19-11-14-22-39(33)46-42(34)40;20-15-10-4-8-13-16(15)17-14(9-5-11-18-17)19(13)12-6-2-1-3-7-12;/h5-23,25-28H,1-4H3;1-11,20H;/q-1;;. The molecule has 0 spiro atoms. The summed E-state index contributed by atoms with van der Waals surface area (Å²) in [6.07, 6.45) is 1.75. The summed E-state index contributed by atoms with van der Waals surface area (Å²) in [5.41, 5.74) is 16.8. The van der Waals surface area contributed by atoms with Crippen molar-refractivity contribution in [1.29, 1.82) is 0 Å². The van der Waals surface area contributed by atoms with E-state index in [2.05, 4.69) is 175 Å². The summed E-state index contributed by atoms with van der Waals surface area (Å²) in [5, 5.41) is 13.1. The molecule has 0 bridgehead atoms. The first-order valence-electron chi connectivity index (χ1n) is 22.6. The monoisotopic (exact) mass is 1050 g/mol. The van der Waals surface area contributed by atoms with Gasteiger partial charge in [-0.05, 0) is 106 Å². The zero-order valence-electron chi connectivity index (χ0n) is 37.6. The Morgan fingerprint density at radius 2 is 1.18 bits per heavy atom. The van der Waals surface area contributed by atoms with Crippen LogP contribution in [-0.4, -0.2) is 24.2 Å². The molecule has 7 heteroatoms. The van der Waals surface area contributed by atoms with Crippen LogP contribution in [0.4, 0.5) is 0 Å². The normalized spacial score (nSPS) is 11.5. The quantitative estimate of drug-likeness (QED) is 0.162. The summed E-state index contributed by atoms with van der Waals surface area (Å²) in [6, 6.07) is 68.1. The van der Waals surface area contributed by atoms with Gasteiger partial charge in [-0.2, -0.15) is 0 Å². The summed E-state index contributed by atoms with van der Waals surface area (Å²) < 4.78 is 11.2. The number of para-hydroxylation sites is 4. The number of fused-ring (bicyclic) bond motifs is 7. The molecule has 0 aliphatic rings. The van der Waals surface area contributed by atoms with E-state index in [1.54, 1.807) is 12.3 Å². The molecule has 12 rings (SSSR count). The van der Waals surface area contributed by atoms with Crippen molar-refractivity contribution in [3.05, 3.63) is 211 Å². The van der Waals surface area contributed by atoms with Gasteiger partial charge in [0.1, 0.15) is 16.8 Å². The number of pyridine rings is 1. The third-order valence-corrected chi connectivity index (χ3v) is 12.6. The van der Waals surface area contributed by atoms with E-state index >= 15 is 0 Å². The van der Waals surface area contributed by atoms with E-state index in [1.165, 1.54) is 27.9 Å². The molecule has 8 aromatic carbocycles. The Kier molecular flexibility index (Phi) is 11.6. The third kappa shape index (κ3) is 7.60. The number of benzene rings is 8. The van der Waals surface area contributed by atoms with E-state index in [-0.39, 0.29) is 37.7 Å². The molecular weight excluding hydrogens is 1000 g/mol. The molecule has 0 unspecified atom stereocenters. The molecule has 0 saturated carbocycles. The average Bonchev–Trinajstić information content (AvgIpc) is 4.05. The minimum Gasteiger partial charge on any atom is -0.507 e. The zero-order valence-corrected chi connectivity index (χ0v) is 40.0. The van der Waals surface area contributed by atoms with Crippen molar-refractivity contribution in [3.8, 4) is 50.8 Å². The topological polar surface area (TPSA) is 69.0 Å². The summed E-state index contributed by atoms with van der Waals surface area (Å²) in [4.78, 5) is 9.77. The van der Waals surface area contributed by atoms with Gasteiger partial charge in [-0.25, -0.2) is 0 Å². The van der Waals surface area contributed by atoms with Crippen LogP contribution in [0.2, 0.25) is 0 Å². The number of hydrogen-bond acceptors (Lipinski definition) is 4. The first-order chi connectivity index (χ1) is 32.4. The Balaban J connectivity index is 0.000000208. The van der Waals surface area contributed by atoms with E-state index in [0.717, 1.165) is 83.1 Å². The average molecular weight is 1050 g/mol. The largest absolute Gasteiger partial charge is 0.507 e. The maximum absolute atomic E-state index is 10.2. The molecule has 0 fully saturated rings. The van der Waals surface area contributed by atoms with Crippen LogP contribution in [0.15, 0.2) is 199 Å². The first kappa shape index (κ1) is 43.3. The predicted molar refractivity (Wildman–Crippen MR) is 272 cm³/mol. The Hall–Kier alpha value is -7.57. The van der Waals surface area contributed by atoms with Crippen molar-refractivity contribution in [2.75, 3.05) is 0 Å². The zero-order chi connectivity index (χ0) is 44.9. The summed E-state index contributed by atoms with van der Waals surface area (Å²) >= 11 is 0. The molecule has 0 amide bonds. The van der Waals surface area contributed by atoms with Crippen molar-refractivity contribution in [2.45, 2.75) is 39.5 Å². The summed E-state index contributed by atoms with van der Waals surface area (Å²) in [6.45, 7) is 9.15. The van der Waals surface area contributed by atoms with Gasteiger partial charge in [0, 0.05) is 43.1 Å². The minimum atomic E-state index is 0. The van der Waals surface area contributed by atoms with Crippen molar-refractivity contribution in [1.82, 2.24) is 19.1 Å². The fraction of sp³-hybridized carbons (Fsp3) is 0.100. The molecule has 6 nitrogen and oxygen atoms in total. The number of nitrogens with zero attached hydrogens (tertiary/aromatic N) is 4. The molecule has 0 atom stereocenters. The Bertz CT molecular complexity index is 3690. The van der Waals surface area contributed by atoms with Crippen molar-refractivity contribution in [2.24, 2.45) is 0 Å². The van der Waals surface area contributed by atoms with E-state index < -0.39 is 0 Å². The Morgan fingerprint density at radius 3 is 1.90 bits per heavy atom. The maximum Gasteiger partial charge on any atom is 0.127 e. The number of hydrogen-bond donors (Lipinski definition) is 1. The van der Waals surface area contributed by atoms with Gasteiger partial charge in [-0.3, -0.25) is 9.97 Å². The molecular formula is C60H47IrN4O2-. The minimum absolute atomic E-state index is 0. The smallest absolute Gasteiger partial charge is 0.127 e. The SMILES string of the molecule is CC(C)c1cc(-c2ccccc2)cc(C(C)C)c1-n1c(-c2[c-]cc(-c3ccccc3)c3c2oc2ccccc23)nc2ccccc21.Oc1cccc2c1c1ncccc1n2-c1ccccc1.[Ir]. The van der Waals surface area contributed by atoms with Gasteiger partial charge in [0.05, 0.1) is 38.9 Å². The first-order valence-corrected chi connectivity index (χ1v) is 22.6. The number of aromatic hydroxyl groups is 1. The van der Waals surface area contributed by atoms with Gasteiger partial charge in [0.15, 0.2) is 0 Å². The molecule has 329 valence electrons. The fourth-order valence-electron chi connectivity index (χ4n) is 9.53. The van der Waals surface area contributed by atoms with Crippen LogP contribution in [0.1, 0.15) is 50.7 Å². The molecule has 1 N–H and O–H groups in total. The number of aromatic nitrogens is 4. The second-order valence-electron chi connectivity index (χ2n) is 17.4. The van der Waals surface area contributed by atoms with E-state index in [0.29, 0.717) is 0 Å². The van der Waals surface area contributed by atoms with Crippen LogP contribution in [0, 0.1) is 6.07 Å². The number of phenolic OH excluding ortho intramolecular Hbond substituents is 1. The fourth-order valence-corrected chi connectivity index (χ4v) is 9.53. The number of imidazole rings is 1. The van der Waals surface area contributed by atoms with Crippen molar-refractivity contribution < 1.29 is 29.6 Å².